The van der Waals surface area contributed by atoms with Crippen molar-refractivity contribution in [2.75, 3.05) is 7.05 Å². The predicted molar refractivity (Wildman–Crippen MR) is 94.0 cm³/mol. The van der Waals surface area contributed by atoms with Gasteiger partial charge in [-0.1, -0.05) is 29.3 Å². The molecule has 7 heteroatoms. The number of benzene rings is 2. The largest absolute Gasteiger partial charge is 0.309 e. The van der Waals surface area contributed by atoms with Crippen LogP contribution in [-0.4, -0.2) is 21.9 Å². The molecule has 0 bridgehead atoms. The zero-order valence-electron chi connectivity index (χ0n) is 12.8. The molecule has 0 aliphatic heterocycles. The van der Waals surface area contributed by atoms with Crippen LogP contribution < -0.4 is 5.56 Å². The summed E-state index contributed by atoms with van der Waals surface area (Å²) in [5.41, 5.74) is 0.704. The summed E-state index contributed by atoms with van der Waals surface area (Å²) in [6.45, 7) is 0.630. The summed E-state index contributed by atoms with van der Waals surface area (Å²) in [6, 6.07) is 9.50. The fourth-order valence-electron chi connectivity index (χ4n) is 2.50. The maximum atomic E-state index is 13.9. The number of halogens is 3. The van der Waals surface area contributed by atoms with Crippen LogP contribution in [0.25, 0.3) is 10.9 Å². The zero-order valence-corrected chi connectivity index (χ0v) is 14.3. The minimum atomic E-state index is -0.360. The van der Waals surface area contributed by atoms with Gasteiger partial charge in [0.15, 0.2) is 0 Å². The summed E-state index contributed by atoms with van der Waals surface area (Å²) in [5.74, 6) is 0.117. The number of rotatable bonds is 4. The van der Waals surface area contributed by atoms with Gasteiger partial charge in [-0.15, -0.1) is 0 Å². The Labute approximate surface area is 147 Å². The smallest absolute Gasteiger partial charge is 0.258 e. The van der Waals surface area contributed by atoms with Gasteiger partial charge < -0.3 is 4.98 Å². The molecule has 0 saturated carbocycles. The number of nitrogens with one attached hydrogen (secondary N) is 1. The fourth-order valence-corrected chi connectivity index (χ4v) is 2.89. The lowest BCUT2D eigenvalue weighted by molar-refractivity contribution is 0.305. The molecule has 4 nitrogen and oxygen atoms in total. The third-order valence-corrected chi connectivity index (χ3v) is 4.22. The number of nitrogens with zero attached hydrogens (tertiary/aromatic N) is 2. The molecule has 1 N–H and O–H groups in total. The van der Waals surface area contributed by atoms with Gasteiger partial charge >= 0.3 is 0 Å². The molecule has 1 aromatic heterocycles. The van der Waals surface area contributed by atoms with Crippen molar-refractivity contribution in [1.82, 2.24) is 14.9 Å². The molecule has 3 rings (SSSR count). The number of hydrogen-bond donors (Lipinski definition) is 1. The van der Waals surface area contributed by atoms with Gasteiger partial charge in [-0.2, -0.15) is 0 Å². The number of hydrogen-bond acceptors (Lipinski definition) is 3. The highest BCUT2D eigenvalue weighted by Crippen LogP contribution is 2.21. The van der Waals surface area contributed by atoms with E-state index < -0.39 is 0 Å². The summed E-state index contributed by atoms with van der Waals surface area (Å²) in [5, 5.41) is 1.36. The second kappa shape index (κ2) is 6.89. The molecule has 0 atom stereocenters. The average Bonchev–Trinajstić information content (AvgIpc) is 2.50. The lowest BCUT2D eigenvalue weighted by Crippen LogP contribution is -2.22. The van der Waals surface area contributed by atoms with E-state index in [9.17, 15) is 9.18 Å². The van der Waals surface area contributed by atoms with E-state index in [1.54, 1.807) is 37.4 Å². The molecule has 0 aliphatic carbocycles. The van der Waals surface area contributed by atoms with Crippen LogP contribution in [0.15, 0.2) is 41.2 Å². The molecular weight excluding hydrogens is 352 g/mol. The van der Waals surface area contributed by atoms with Crippen molar-refractivity contribution in [2.24, 2.45) is 0 Å². The van der Waals surface area contributed by atoms with Crippen LogP contribution >= 0.6 is 23.2 Å². The first-order chi connectivity index (χ1) is 11.4. The van der Waals surface area contributed by atoms with E-state index in [1.165, 1.54) is 6.07 Å². The number of aromatic amines is 1. The Hall–Kier alpha value is -1.95. The first kappa shape index (κ1) is 16.9. The van der Waals surface area contributed by atoms with E-state index in [2.05, 4.69) is 9.97 Å². The molecule has 0 amide bonds. The topological polar surface area (TPSA) is 49.0 Å². The first-order valence-corrected chi connectivity index (χ1v) is 7.99. The van der Waals surface area contributed by atoms with E-state index >= 15 is 0 Å². The van der Waals surface area contributed by atoms with E-state index in [0.29, 0.717) is 45.4 Å². The van der Waals surface area contributed by atoms with Gasteiger partial charge in [0.1, 0.15) is 11.6 Å². The lowest BCUT2D eigenvalue weighted by atomic mass is 10.2. The Kier molecular flexibility index (Phi) is 4.85. The molecule has 0 radical (unpaired) electrons. The van der Waals surface area contributed by atoms with Gasteiger partial charge in [-0.25, -0.2) is 9.37 Å². The number of aromatic nitrogens is 2. The van der Waals surface area contributed by atoms with E-state index in [4.69, 9.17) is 23.2 Å². The molecule has 124 valence electrons. The van der Waals surface area contributed by atoms with Crippen LogP contribution in [0.2, 0.25) is 10.0 Å². The highest BCUT2D eigenvalue weighted by Gasteiger charge is 2.12. The minimum absolute atomic E-state index is 0.232. The summed E-state index contributed by atoms with van der Waals surface area (Å²) < 4.78 is 13.9. The summed E-state index contributed by atoms with van der Waals surface area (Å²) >= 11 is 12.0. The monoisotopic (exact) mass is 365 g/mol. The van der Waals surface area contributed by atoms with Gasteiger partial charge in [0.2, 0.25) is 0 Å². The van der Waals surface area contributed by atoms with Crippen LogP contribution in [0.3, 0.4) is 0 Å². The Morgan fingerprint density at radius 1 is 1.21 bits per heavy atom. The number of H-pyrrole nitrogens is 1. The van der Waals surface area contributed by atoms with Gasteiger partial charge in [-0.3, -0.25) is 9.69 Å². The van der Waals surface area contributed by atoms with E-state index in [-0.39, 0.29) is 11.4 Å². The first-order valence-electron chi connectivity index (χ1n) is 7.24. The van der Waals surface area contributed by atoms with Crippen LogP contribution in [0.5, 0.6) is 0 Å². The SMILES string of the molecule is CN(Cc1nc2cc(Cl)ccc2c(=O)[nH]1)Cc1c(F)cccc1Cl. The van der Waals surface area contributed by atoms with E-state index in [1.807, 2.05) is 4.90 Å². The zero-order chi connectivity index (χ0) is 17.3. The molecule has 1 heterocycles. The molecule has 2 aromatic carbocycles. The van der Waals surface area contributed by atoms with Gasteiger partial charge in [0.25, 0.3) is 5.56 Å². The average molecular weight is 366 g/mol. The van der Waals surface area contributed by atoms with Crippen LogP contribution in [-0.2, 0) is 13.1 Å². The predicted octanol–water partition coefficient (Wildman–Crippen LogP) is 4.00. The Morgan fingerprint density at radius 2 is 2.00 bits per heavy atom. The molecule has 0 fully saturated rings. The molecule has 0 saturated heterocycles. The van der Waals surface area contributed by atoms with E-state index in [0.717, 1.165) is 0 Å². The van der Waals surface area contributed by atoms with Crippen molar-refractivity contribution in [1.29, 1.82) is 0 Å². The van der Waals surface area contributed by atoms with Crippen LogP contribution in [0, 0.1) is 5.82 Å². The Bertz CT molecular complexity index is 938. The highest BCUT2D eigenvalue weighted by molar-refractivity contribution is 6.31. The normalized spacial score (nSPS) is 11.4. The summed E-state index contributed by atoms with van der Waals surface area (Å²) in [7, 11) is 1.80. The second-order valence-corrected chi connectivity index (χ2v) is 6.39. The van der Waals surface area contributed by atoms with Gasteiger partial charge in [0, 0.05) is 22.2 Å². The Balaban J connectivity index is 1.85. The van der Waals surface area contributed by atoms with Gasteiger partial charge in [-0.05, 0) is 37.4 Å². The molecule has 0 spiro atoms. The maximum Gasteiger partial charge on any atom is 0.258 e. The number of fused-ring (bicyclic) bond motifs is 1. The van der Waals surface area contributed by atoms with Gasteiger partial charge in [0.05, 0.1) is 17.4 Å². The van der Waals surface area contributed by atoms with Crippen molar-refractivity contribution in [3.63, 3.8) is 0 Å². The molecule has 24 heavy (non-hydrogen) atoms. The fraction of sp³-hybridized carbons (Fsp3) is 0.176. The van der Waals surface area contributed by atoms with Crippen LogP contribution in [0.1, 0.15) is 11.4 Å². The molecule has 0 aliphatic rings. The van der Waals surface area contributed by atoms with Crippen molar-refractivity contribution < 1.29 is 4.39 Å². The molecule has 3 aromatic rings. The lowest BCUT2D eigenvalue weighted by Gasteiger charge is -2.17. The van der Waals surface area contributed by atoms with Crippen molar-refractivity contribution in [3.05, 3.63) is 74.0 Å². The summed E-state index contributed by atoms with van der Waals surface area (Å²) in [6.07, 6.45) is 0. The maximum absolute atomic E-state index is 13.9. The Morgan fingerprint density at radius 3 is 2.75 bits per heavy atom. The van der Waals surface area contributed by atoms with Crippen molar-refractivity contribution in [2.45, 2.75) is 13.1 Å². The standard InChI is InChI=1S/C17H14Cl2FN3O/c1-23(8-12-13(19)3-2-4-14(12)20)9-16-21-15-7-10(18)5-6-11(15)17(24)22-16/h2-7H,8-9H2,1H3,(H,21,22,24). The third-order valence-electron chi connectivity index (χ3n) is 3.63. The van der Waals surface area contributed by atoms with Crippen LogP contribution in [0.4, 0.5) is 4.39 Å². The highest BCUT2D eigenvalue weighted by atomic mass is 35.5. The summed E-state index contributed by atoms with van der Waals surface area (Å²) in [4.78, 5) is 21.1. The minimum Gasteiger partial charge on any atom is -0.309 e. The second-order valence-electron chi connectivity index (χ2n) is 5.55. The van der Waals surface area contributed by atoms with Crippen molar-refractivity contribution >= 4 is 34.1 Å². The molecule has 0 unspecified atom stereocenters. The van der Waals surface area contributed by atoms with Crippen molar-refractivity contribution in [3.8, 4) is 0 Å². The quantitative estimate of drug-likeness (QED) is 0.759. The molecular formula is C17H14Cl2FN3O. The third kappa shape index (κ3) is 3.59.